The van der Waals surface area contributed by atoms with Crippen LogP contribution in [0.5, 0.6) is 0 Å². The standard InChI is InChI=1S/C22H19NO6/c1-27-22(26)19-12-11-18(29-19)14-28-20(24)13-23-21(25)17-9-7-16(8-10-17)15-5-3-2-4-6-15/h2-12H,13-14H2,1H3,(H,23,25). The summed E-state index contributed by atoms with van der Waals surface area (Å²) in [6, 6.07) is 19.8. The summed E-state index contributed by atoms with van der Waals surface area (Å²) in [5, 5.41) is 2.51. The Morgan fingerprint density at radius 3 is 2.28 bits per heavy atom. The van der Waals surface area contributed by atoms with Crippen molar-refractivity contribution in [3.8, 4) is 11.1 Å². The minimum atomic E-state index is -0.629. The van der Waals surface area contributed by atoms with E-state index >= 15 is 0 Å². The van der Waals surface area contributed by atoms with E-state index in [0.717, 1.165) is 11.1 Å². The third kappa shape index (κ3) is 5.32. The summed E-state index contributed by atoms with van der Waals surface area (Å²) in [4.78, 5) is 35.3. The molecule has 0 fully saturated rings. The Balaban J connectivity index is 1.47. The molecule has 29 heavy (non-hydrogen) atoms. The lowest BCUT2D eigenvalue weighted by molar-refractivity contribution is -0.144. The average Bonchev–Trinajstić information content (AvgIpc) is 3.25. The maximum absolute atomic E-state index is 12.2. The third-order valence-corrected chi connectivity index (χ3v) is 4.07. The first-order valence-electron chi connectivity index (χ1n) is 8.83. The Kier molecular flexibility index (Phi) is 6.42. The number of amides is 1. The molecule has 0 aliphatic rings. The lowest BCUT2D eigenvalue weighted by Gasteiger charge is -2.07. The normalized spacial score (nSPS) is 10.2. The highest BCUT2D eigenvalue weighted by Crippen LogP contribution is 2.19. The lowest BCUT2D eigenvalue weighted by atomic mass is 10.0. The molecule has 2 aromatic carbocycles. The molecule has 7 heteroatoms. The van der Waals surface area contributed by atoms with Crippen molar-refractivity contribution in [1.29, 1.82) is 0 Å². The van der Waals surface area contributed by atoms with Crippen LogP contribution in [-0.4, -0.2) is 31.5 Å². The average molecular weight is 393 g/mol. The first-order valence-corrected chi connectivity index (χ1v) is 8.83. The van der Waals surface area contributed by atoms with E-state index in [4.69, 9.17) is 9.15 Å². The molecule has 3 rings (SSSR count). The lowest BCUT2D eigenvalue weighted by Crippen LogP contribution is -2.30. The van der Waals surface area contributed by atoms with Gasteiger partial charge < -0.3 is 19.2 Å². The second-order valence-corrected chi connectivity index (χ2v) is 6.04. The Morgan fingerprint density at radius 2 is 1.59 bits per heavy atom. The monoisotopic (exact) mass is 393 g/mol. The van der Waals surface area contributed by atoms with Crippen LogP contribution >= 0.6 is 0 Å². The number of methoxy groups -OCH3 is 1. The molecule has 1 amide bonds. The Morgan fingerprint density at radius 1 is 0.897 bits per heavy atom. The summed E-state index contributed by atoms with van der Waals surface area (Å²) < 4.78 is 14.7. The van der Waals surface area contributed by atoms with Gasteiger partial charge in [0.25, 0.3) is 5.91 Å². The molecule has 0 saturated heterocycles. The first-order chi connectivity index (χ1) is 14.1. The second-order valence-electron chi connectivity index (χ2n) is 6.04. The highest BCUT2D eigenvalue weighted by atomic mass is 16.6. The van der Waals surface area contributed by atoms with E-state index in [1.807, 2.05) is 42.5 Å². The number of carbonyl (C=O) groups is 3. The van der Waals surface area contributed by atoms with Crippen molar-refractivity contribution in [3.63, 3.8) is 0 Å². The number of ether oxygens (including phenoxy) is 2. The zero-order valence-electron chi connectivity index (χ0n) is 15.7. The van der Waals surface area contributed by atoms with E-state index in [-0.39, 0.29) is 24.8 Å². The summed E-state index contributed by atoms with van der Waals surface area (Å²) in [6.07, 6.45) is 0. The van der Waals surface area contributed by atoms with Crippen LogP contribution in [0.25, 0.3) is 11.1 Å². The number of hydrogen-bond donors (Lipinski definition) is 1. The number of rotatable bonds is 7. The number of esters is 2. The van der Waals surface area contributed by atoms with Crippen LogP contribution in [0.15, 0.2) is 71.1 Å². The number of hydrogen-bond acceptors (Lipinski definition) is 6. The van der Waals surface area contributed by atoms with Gasteiger partial charge in [-0.3, -0.25) is 9.59 Å². The number of benzene rings is 2. The summed E-state index contributed by atoms with van der Waals surface area (Å²) >= 11 is 0. The number of carbonyl (C=O) groups excluding carboxylic acids is 3. The number of nitrogens with one attached hydrogen (secondary N) is 1. The minimum absolute atomic E-state index is 0.0193. The minimum Gasteiger partial charge on any atom is -0.463 e. The topological polar surface area (TPSA) is 94.8 Å². The Bertz CT molecular complexity index is 992. The van der Waals surface area contributed by atoms with Gasteiger partial charge in [0, 0.05) is 5.56 Å². The van der Waals surface area contributed by atoms with Gasteiger partial charge in [0.2, 0.25) is 5.76 Å². The molecule has 0 saturated carbocycles. The van der Waals surface area contributed by atoms with Crippen LogP contribution in [0.4, 0.5) is 0 Å². The Labute approximate surface area is 167 Å². The first kappa shape index (κ1) is 19.9. The second kappa shape index (κ2) is 9.36. The van der Waals surface area contributed by atoms with Gasteiger partial charge in [-0.1, -0.05) is 42.5 Å². The van der Waals surface area contributed by atoms with E-state index in [9.17, 15) is 14.4 Å². The summed E-state index contributed by atoms with van der Waals surface area (Å²) in [7, 11) is 1.24. The maximum atomic E-state index is 12.2. The van der Waals surface area contributed by atoms with Crippen molar-refractivity contribution in [3.05, 3.63) is 83.8 Å². The van der Waals surface area contributed by atoms with Crippen molar-refractivity contribution in [2.24, 2.45) is 0 Å². The van der Waals surface area contributed by atoms with E-state index in [2.05, 4.69) is 10.1 Å². The smallest absolute Gasteiger partial charge is 0.373 e. The van der Waals surface area contributed by atoms with Crippen LogP contribution in [0, 0.1) is 0 Å². The molecule has 1 heterocycles. The van der Waals surface area contributed by atoms with Crippen LogP contribution < -0.4 is 5.32 Å². The van der Waals surface area contributed by atoms with Gasteiger partial charge in [-0.05, 0) is 35.4 Å². The largest absolute Gasteiger partial charge is 0.463 e. The highest BCUT2D eigenvalue weighted by molar-refractivity contribution is 5.96. The van der Waals surface area contributed by atoms with E-state index < -0.39 is 11.9 Å². The van der Waals surface area contributed by atoms with Crippen LogP contribution in [0.1, 0.15) is 26.7 Å². The fourth-order valence-electron chi connectivity index (χ4n) is 2.57. The zero-order chi connectivity index (χ0) is 20.6. The quantitative estimate of drug-likeness (QED) is 0.620. The number of furan rings is 1. The van der Waals surface area contributed by atoms with Gasteiger partial charge in [0.1, 0.15) is 18.9 Å². The maximum Gasteiger partial charge on any atom is 0.373 e. The van der Waals surface area contributed by atoms with Gasteiger partial charge in [0.05, 0.1) is 7.11 Å². The summed E-state index contributed by atoms with van der Waals surface area (Å²) in [5.74, 6) is -1.32. The third-order valence-electron chi connectivity index (χ3n) is 4.07. The van der Waals surface area contributed by atoms with Gasteiger partial charge >= 0.3 is 11.9 Å². The molecule has 0 bridgehead atoms. The van der Waals surface area contributed by atoms with Crippen molar-refractivity contribution in [2.45, 2.75) is 6.61 Å². The molecule has 1 aromatic heterocycles. The van der Waals surface area contributed by atoms with Gasteiger partial charge in [-0.25, -0.2) is 4.79 Å². The molecule has 0 atom stereocenters. The Hall–Kier alpha value is -3.87. The van der Waals surface area contributed by atoms with Gasteiger partial charge in [-0.15, -0.1) is 0 Å². The van der Waals surface area contributed by atoms with Crippen molar-refractivity contribution < 1.29 is 28.3 Å². The molecule has 0 radical (unpaired) electrons. The molecule has 148 valence electrons. The van der Waals surface area contributed by atoms with Crippen molar-refractivity contribution in [1.82, 2.24) is 5.32 Å². The van der Waals surface area contributed by atoms with Crippen molar-refractivity contribution >= 4 is 17.8 Å². The SMILES string of the molecule is COC(=O)c1ccc(COC(=O)CNC(=O)c2ccc(-c3ccccc3)cc2)o1. The fourth-order valence-corrected chi connectivity index (χ4v) is 2.57. The molecule has 0 spiro atoms. The van der Waals surface area contributed by atoms with Crippen LogP contribution in [0.3, 0.4) is 0 Å². The molecule has 0 aliphatic heterocycles. The van der Waals surface area contributed by atoms with Crippen LogP contribution in [0.2, 0.25) is 0 Å². The van der Waals surface area contributed by atoms with Crippen LogP contribution in [-0.2, 0) is 20.9 Å². The van der Waals surface area contributed by atoms with E-state index in [0.29, 0.717) is 11.3 Å². The molecule has 0 unspecified atom stereocenters. The molecular weight excluding hydrogens is 374 g/mol. The van der Waals surface area contributed by atoms with E-state index in [1.54, 1.807) is 12.1 Å². The highest BCUT2D eigenvalue weighted by Gasteiger charge is 2.13. The van der Waals surface area contributed by atoms with Crippen molar-refractivity contribution in [2.75, 3.05) is 13.7 Å². The fraction of sp³-hybridized carbons (Fsp3) is 0.136. The summed E-state index contributed by atoms with van der Waals surface area (Å²) in [6.45, 7) is -0.443. The van der Waals surface area contributed by atoms with Gasteiger partial charge in [0.15, 0.2) is 0 Å². The van der Waals surface area contributed by atoms with E-state index in [1.165, 1.54) is 19.2 Å². The molecule has 3 aromatic rings. The molecular formula is C22H19NO6. The molecule has 1 N–H and O–H groups in total. The van der Waals surface area contributed by atoms with Gasteiger partial charge in [-0.2, -0.15) is 0 Å². The summed E-state index contributed by atoms with van der Waals surface area (Å²) in [5.41, 5.74) is 2.48. The predicted molar refractivity (Wildman–Crippen MR) is 104 cm³/mol. The molecule has 0 aliphatic carbocycles. The molecule has 7 nitrogen and oxygen atoms in total. The predicted octanol–water partition coefficient (Wildman–Crippen LogP) is 3.21. The zero-order valence-corrected chi connectivity index (χ0v) is 15.7.